The second-order valence-electron chi connectivity index (χ2n) is 10.6. The number of hydrogen-bond acceptors (Lipinski definition) is 2. The van der Waals surface area contributed by atoms with Crippen molar-refractivity contribution in [2.24, 2.45) is 23.2 Å². The van der Waals surface area contributed by atoms with Gasteiger partial charge in [0.1, 0.15) is 5.76 Å². The van der Waals surface area contributed by atoms with Gasteiger partial charge >= 0.3 is 5.97 Å². The van der Waals surface area contributed by atoms with Crippen molar-refractivity contribution in [3.05, 3.63) is 41.2 Å². The topological polar surface area (TPSA) is 26.3 Å². The van der Waals surface area contributed by atoms with Crippen LogP contribution in [0.2, 0.25) is 19.6 Å². The molecule has 0 saturated heterocycles. The lowest BCUT2D eigenvalue weighted by Crippen LogP contribution is -2.50. The van der Waals surface area contributed by atoms with Crippen LogP contribution in [0.3, 0.4) is 0 Å². The van der Waals surface area contributed by atoms with Crippen molar-refractivity contribution in [2.45, 2.75) is 63.7 Å². The van der Waals surface area contributed by atoms with Gasteiger partial charge in [0.05, 0.1) is 13.5 Å². The second-order valence-corrected chi connectivity index (χ2v) is 15.9. The third-order valence-electron chi connectivity index (χ3n) is 7.44. The normalized spacial score (nSPS) is 37.4. The Balaban J connectivity index is 1.43. The first kappa shape index (κ1) is 16.8. The highest BCUT2D eigenvalue weighted by Gasteiger charge is 2.56. The fraction of sp³-hybridized carbons (Fsp3) is 0.609. The molecule has 5 aliphatic rings. The monoisotopic (exact) mass is 366 g/mol. The number of fused-ring (bicyclic) bond motifs is 1. The van der Waals surface area contributed by atoms with Gasteiger partial charge in [-0.25, -0.2) is 0 Å². The van der Waals surface area contributed by atoms with E-state index in [0.29, 0.717) is 5.54 Å². The van der Waals surface area contributed by atoms with Crippen molar-refractivity contribution in [3.63, 3.8) is 0 Å². The van der Waals surface area contributed by atoms with Crippen molar-refractivity contribution in [3.8, 4) is 0 Å². The van der Waals surface area contributed by atoms with Crippen LogP contribution in [0.4, 0.5) is 0 Å². The van der Waals surface area contributed by atoms with E-state index < -0.39 is 8.07 Å². The Hall–Kier alpha value is -1.35. The fourth-order valence-electron chi connectivity index (χ4n) is 6.85. The molecule has 0 aliphatic heterocycles. The number of benzene rings is 1. The molecule has 0 amide bonds. The quantitative estimate of drug-likeness (QED) is 0.502. The molecule has 1 aromatic rings. The zero-order valence-electron chi connectivity index (χ0n) is 16.3. The maximum absolute atomic E-state index is 13.4. The molecule has 4 bridgehead atoms. The number of carbonyl (C=O) groups excluding carboxylic acids is 1. The van der Waals surface area contributed by atoms with Crippen LogP contribution in [0.5, 0.6) is 0 Å². The molecule has 1 atom stereocenters. The lowest BCUT2D eigenvalue weighted by atomic mass is 9.49. The molecule has 0 spiro atoms. The van der Waals surface area contributed by atoms with Crippen molar-refractivity contribution < 1.29 is 9.53 Å². The van der Waals surface area contributed by atoms with Crippen LogP contribution < -0.4 is 0 Å². The van der Waals surface area contributed by atoms with E-state index >= 15 is 0 Å². The van der Waals surface area contributed by atoms with Crippen LogP contribution in [-0.4, -0.2) is 14.0 Å². The Bertz CT molecular complexity index is 750. The molecule has 4 fully saturated rings. The Morgan fingerprint density at radius 3 is 2.15 bits per heavy atom. The molecule has 1 aromatic carbocycles. The minimum Gasteiger partial charge on any atom is -0.430 e. The molecule has 3 heteroatoms. The summed E-state index contributed by atoms with van der Waals surface area (Å²) in [4.78, 5) is 13.4. The Morgan fingerprint density at radius 1 is 1.00 bits per heavy atom. The molecule has 138 valence electrons. The summed E-state index contributed by atoms with van der Waals surface area (Å²) in [5.74, 6) is 3.36. The molecule has 6 rings (SSSR count). The van der Waals surface area contributed by atoms with E-state index in [1.807, 2.05) is 0 Å². The largest absolute Gasteiger partial charge is 0.430 e. The van der Waals surface area contributed by atoms with Gasteiger partial charge in [-0.05, 0) is 73.5 Å². The molecule has 26 heavy (non-hydrogen) atoms. The van der Waals surface area contributed by atoms with Crippen LogP contribution in [0.15, 0.2) is 30.0 Å². The van der Waals surface area contributed by atoms with Gasteiger partial charge in [-0.3, -0.25) is 4.79 Å². The highest BCUT2D eigenvalue weighted by atomic mass is 28.3. The number of hydrogen-bond donors (Lipinski definition) is 0. The van der Waals surface area contributed by atoms with E-state index in [1.54, 1.807) is 0 Å². The highest BCUT2D eigenvalue weighted by Crippen LogP contribution is 2.60. The molecule has 0 heterocycles. The second kappa shape index (κ2) is 5.57. The van der Waals surface area contributed by atoms with Crippen molar-refractivity contribution in [1.29, 1.82) is 0 Å². The molecule has 0 aromatic heterocycles. The first-order valence-corrected chi connectivity index (χ1v) is 13.9. The van der Waals surface area contributed by atoms with Gasteiger partial charge in [-0.2, -0.15) is 0 Å². The van der Waals surface area contributed by atoms with E-state index in [9.17, 15) is 4.79 Å². The van der Waals surface area contributed by atoms with E-state index in [1.165, 1.54) is 30.4 Å². The van der Waals surface area contributed by atoms with Crippen LogP contribution in [0.1, 0.15) is 55.2 Å². The standard InChI is InChI=1S/C23H30O2Si/c1-26(2,3)21-19-7-5-4-6-18(19)11-20(21)25-22(24)23-12-15-8-16(13-23)10-17(9-15)14-23/h4-7,11,15-17,21H,8-10,12-14H2,1-3H3. The first-order valence-electron chi connectivity index (χ1n) is 10.4. The minimum absolute atomic E-state index is 0.0962. The molecule has 2 nitrogen and oxygen atoms in total. The van der Waals surface area contributed by atoms with Gasteiger partial charge < -0.3 is 4.74 Å². The molecular formula is C23H30O2Si. The average Bonchev–Trinajstić information content (AvgIpc) is 2.91. The number of esters is 1. The zero-order chi connectivity index (χ0) is 18.1. The average molecular weight is 367 g/mol. The molecular weight excluding hydrogens is 336 g/mol. The molecule has 5 aliphatic carbocycles. The smallest absolute Gasteiger partial charge is 0.317 e. The molecule has 0 N–H and O–H groups in total. The van der Waals surface area contributed by atoms with Crippen molar-refractivity contribution in [2.75, 3.05) is 0 Å². The maximum Gasteiger partial charge on any atom is 0.317 e. The number of rotatable bonds is 3. The predicted molar refractivity (Wildman–Crippen MR) is 107 cm³/mol. The predicted octanol–water partition coefficient (Wildman–Crippen LogP) is 5.76. The Labute approximate surface area is 158 Å². The van der Waals surface area contributed by atoms with Gasteiger partial charge in [0.15, 0.2) is 0 Å². The van der Waals surface area contributed by atoms with Crippen LogP contribution in [0.25, 0.3) is 6.08 Å². The van der Waals surface area contributed by atoms with Crippen molar-refractivity contribution >= 4 is 20.1 Å². The van der Waals surface area contributed by atoms with E-state index in [-0.39, 0.29) is 11.4 Å². The summed E-state index contributed by atoms with van der Waals surface area (Å²) in [6, 6.07) is 8.58. The number of allylic oxidation sites excluding steroid dienone is 1. The van der Waals surface area contributed by atoms with Gasteiger partial charge in [-0.1, -0.05) is 43.9 Å². The summed E-state index contributed by atoms with van der Waals surface area (Å²) in [5.41, 5.74) is 2.73. The zero-order valence-corrected chi connectivity index (χ0v) is 17.3. The lowest BCUT2D eigenvalue weighted by Gasteiger charge is -2.55. The number of ether oxygens (including phenoxy) is 1. The van der Waals surface area contributed by atoms with Crippen LogP contribution in [0, 0.1) is 23.2 Å². The summed E-state index contributed by atoms with van der Waals surface area (Å²) in [5, 5.41) is 0. The maximum atomic E-state index is 13.4. The van der Waals surface area contributed by atoms with Crippen molar-refractivity contribution in [1.82, 2.24) is 0 Å². The Morgan fingerprint density at radius 2 is 1.58 bits per heavy atom. The Kier molecular flexibility index (Phi) is 3.60. The minimum atomic E-state index is -1.54. The molecule has 0 radical (unpaired) electrons. The fourth-order valence-corrected chi connectivity index (χ4v) is 9.04. The molecule has 4 saturated carbocycles. The third-order valence-corrected chi connectivity index (χ3v) is 9.76. The van der Waals surface area contributed by atoms with E-state index in [4.69, 9.17) is 4.74 Å². The highest BCUT2D eigenvalue weighted by molar-refractivity contribution is 6.78. The van der Waals surface area contributed by atoms with Gasteiger partial charge in [-0.15, -0.1) is 0 Å². The summed E-state index contributed by atoms with van der Waals surface area (Å²) < 4.78 is 6.27. The summed E-state index contributed by atoms with van der Waals surface area (Å²) in [7, 11) is -1.54. The summed E-state index contributed by atoms with van der Waals surface area (Å²) in [6.45, 7) is 7.14. The third kappa shape index (κ3) is 2.54. The summed E-state index contributed by atoms with van der Waals surface area (Å²) in [6.07, 6.45) is 9.46. The van der Waals surface area contributed by atoms with E-state index in [2.05, 4.69) is 50.0 Å². The first-order chi connectivity index (χ1) is 12.3. The molecule has 1 unspecified atom stereocenters. The number of carbonyl (C=O) groups is 1. The summed E-state index contributed by atoms with van der Waals surface area (Å²) >= 11 is 0. The van der Waals surface area contributed by atoms with Gasteiger partial charge in [0, 0.05) is 5.54 Å². The SMILES string of the molecule is C[Si](C)(C)C1C(OC(=O)C23CC4CC(CC(C4)C2)C3)=Cc2ccccc21. The lowest BCUT2D eigenvalue weighted by molar-refractivity contribution is -0.167. The van der Waals surface area contributed by atoms with Gasteiger partial charge in [0.25, 0.3) is 0 Å². The van der Waals surface area contributed by atoms with E-state index in [0.717, 1.165) is 42.8 Å². The van der Waals surface area contributed by atoms with Crippen LogP contribution >= 0.6 is 0 Å². The van der Waals surface area contributed by atoms with Gasteiger partial charge in [0.2, 0.25) is 0 Å². The van der Waals surface area contributed by atoms with Crippen LogP contribution in [-0.2, 0) is 9.53 Å².